The van der Waals surface area contributed by atoms with E-state index in [1.165, 1.54) is 12.8 Å². The molecular weight excluding hydrogens is 286 g/mol. The number of carbonyl (C=O) groups is 1. The topological polar surface area (TPSA) is 45.2 Å². The minimum Gasteiger partial charge on any atom is -0.350 e. The molecule has 2 unspecified atom stereocenters. The SMILES string of the molecule is CC1CCCC(CNC(=O)c2ccnc(Cl)c2)(N(C)C)C1. The first-order chi connectivity index (χ1) is 9.93. The fraction of sp³-hybridized carbons (Fsp3) is 0.625. The van der Waals surface area contributed by atoms with Gasteiger partial charge in [-0.05, 0) is 45.0 Å². The predicted molar refractivity (Wildman–Crippen MR) is 85.6 cm³/mol. The molecule has 116 valence electrons. The van der Waals surface area contributed by atoms with Crippen LogP contribution in [0.5, 0.6) is 0 Å². The normalized spacial score (nSPS) is 25.9. The van der Waals surface area contributed by atoms with Crippen LogP contribution in [0.25, 0.3) is 0 Å². The van der Waals surface area contributed by atoms with Crippen molar-refractivity contribution in [3.8, 4) is 0 Å². The molecule has 1 amide bonds. The van der Waals surface area contributed by atoms with Crippen LogP contribution in [0.3, 0.4) is 0 Å². The zero-order valence-electron chi connectivity index (χ0n) is 13.0. The van der Waals surface area contributed by atoms with Gasteiger partial charge in [0.1, 0.15) is 5.15 Å². The summed E-state index contributed by atoms with van der Waals surface area (Å²) in [5.74, 6) is 0.618. The Hall–Kier alpha value is -1.13. The van der Waals surface area contributed by atoms with Crippen LogP contribution in [0.15, 0.2) is 18.3 Å². The van der Waals surface area contributed by atoms with E-state index in [9.17, 15) is 4.79 Å². The highest BCUT2D eigenvalue weighted by Crippen LogP contribution is 2.35. The monoisotopic (exact) mass is 309 g/mol. The fourth-order valence-electron chi connectivity index (χ4n) is 3.25. The van der Waals surface area contributed by atoms with Crippen LogP contribution in [0.4, 0.5) is 0 Å². The second-order valence-electron chi connectivity index (χ2n) is 6.37. The number of hydrogen-bond acceptors (Lipinski definition) is 3. The van der Waals surface area contributed by atoms with Crippen LogP contribution < -0.4 is 5.32 Å². The van der Waals surface area contributed by atoms with E-state index < -0.39 is 0 Å². The second kappa shape index (κ2) is 6.75. The van der Waals surface area contributed by atoms with Gasteiger partial charge in [0.2, 0.25) is 0 Å². The molecule has 21 heavy (non-hydrogen) atoms. The van der Waals surface area contributed by atoms with Gasteiger partial charge in [0.05, 0.1) is 0 Å². The summed E-state index contributed by atoms with van der Waals surface area (Å²) in [6, 6.07) is 3.29. The van der Waals surface area contributed by atoms with Crippen molar-refractivity contribution >= 4 is 17.5 Å². The molecule has 2 atom stereocenters. The molecule has 1 saturated carbocycles. The lowest BCUT2D eigenvalue weighted by molar-refractivity contribution is 0.0675. The van der Waals surface area contributed by atoms with Gasteiger partial charge >= 0.3 is 0 Å². The minimum atomic E-state index is -0.0845. The number of nitrogens with one attached hydrogen (secondary N) is 1. The third kappa shape index (κ3) is 3.95. The Labute approximate surface area is 131 Å². The number of carbonyl (C=O) groups excluding carboxylic acids is 1. The number of rotatable bonds is 4. The molecule has 0 spiro atoms. The lowest BCUT2D eigenvalue weighted by Crippen LogP contribution is -2.55. The van der Waals surface area contributed by atoms with Crippen molar-refractivity contribution < 1.29 is 4.79 Å². The Bertz CT molecular complexity index is 506. The van der Waals surface area contributed by atoms with Crippen LogP contribution in [-0.2, 0) is 0 Å². The minimum absolute atomic E-state index is 0.0597. The van der Waals surface area contributed by atoms with Crippen LogP contribution in [0, 0.1) is 5.92 Å². The number of aromatic nitrogens is 1. The van der Waals surface area contributed by atoms with E-state index in [4.69, 9.17) is 11.6 Å². The summed E-state index contributed by atoms with van der Waals surface area (Å²) < 4.78 is 0. The molecule has 1 aliphatic rings. The molecule has 0 radical (unpaired) electrons. The van der Waals surface area contributed by atoms with Crippen molar-refractivity contribution in [1.82, 2.24) is 15.2 Å². The standard InChI is InChI=1S/C16H24ClN3O/c1-12-5-4-7-16(10-12,20(2)3)11-19-15(21)13-6-8-18-14(17)9-13/h6,8-9,12H,4-5,7,10-11H2,1-3H3,(H,19,21). The summed E-state index contributed by atoms with van der Waals surface area (Å²) in [6.45, 7) is 2.96. The molecule has 1 fully saturated rings. The van der Waals surface area contributed by atoms with E-state index in [1.54, 1.807) is 18.3 Å². The van der Waals surface area contributed by atoms with Crippen molar-refractivity contribution in [3.63, 3.8) is 0 Å². The molecule has 1 aromatic rings. The number of likely N-dealkylation sites (N-methyl/N-ethyl adjacent to an activating group) is 1. The van der Waals surface area contributed by atoms with E-state index in [0.717, 1.165) is 12.8 Å². The quantitative estimate of drug-likeness (QED) is 0.870. The van der Waals surface area contributed by atoms with E-state index in [0.29, 0.717) is 23.2 Å². The number of pyridine rings is 1. The molecule has 0 bridgehead atoms. The highest BCUT2D eigenvalue weighted by Gasteiger charge is 2.37. The summed E-state index contributed by atoms with van der Waals surface area (Å²) in [5.41, 5.74) is 0.622. The Kier molecular flexibility index (Phi) is 5.22. The van der Waals surface area contributed by atoms with Crippen molar-refractivity contribution in [2.24, 2.45) is 5.92 Å². The van der Waals surface area contributed by atoms with Crippen LogP contribution >= 0.6 is 11.6 Å². The lowest BCUT2D eigenvalue weighted by atomic mass is 9.75. The largest absolute Gasteiger partial charge is 0.350 e. The summed E-state index contributed by atoms with van der Waals surface area (Å²) in [7, 11) is 4.21. The smallest absolute Gasteiger partial charge is 0.251 e. The molecule has 5 heteroatoms. The third-order valence-electron chi connectivity index (χ3n) is 4.58. The van der Waals surface area contributed by atoms with Gasteiger partial charge in [-0.1, -0.05) is 31.4 Å². The molecule has 4 nitrogen and oxygen atoms in total. The maximum atomic E-state index is 12.3. The number of halogens is 1. The van der Waals surface area contributed by atoms with E-state index >= 15 is 0 Å². The van der Waals surface area contributed by atoms with Crippen LogP contribution in [-0.4, -0.2) is 42.0 Å². The molecule has 0 aromatic carbocycles. The Morgan fingerprint density at radius 2 is 2.33 bits per heavy atom. The van der Waals surface area contributed by atoms with Gasteiger partial charge in [-0.15, -0.1) is 0 Å². The average Bonchev–Trinajstić information content (AvgIpc) is 2.44. The maximum absolute atomic E-state index is 12.3. The van der Waals surface area contributed by atoms with Gasteiger partial charge < -0.3 is 10.2 Å². The highest BCUT2D eigenvalue weighted by molar-refractivity contribution is 6.29. The second-order valence-corrected chi connectivity index (χ2v) is 6.76. The van der Waals surface area contributed by atoms with Crippen LogP contribution in [0.2, 0.25) is 5.15 Å². The first-order valence-corrected chi connectivity index (χ1v) is 7.88. The zero-order chi connectivity index (χ0) is 15.5. The van der Waals surface area contributed by atoms with E-state index in [1.807, 2.05) is 0 Å². The number of nitrogens with zero attached hydrogens (tertiary/aromatic N) is 2. The van der Waals surface area contributed by atoms with Crippen molar-refractivity contribution in [2.45, 2.75) is 38.1 Å². The van der Waals surface area contributed by atoms with Gasteiger partial charge in [-0.2, -0.15) is 0 Å². The molecule has 2 rings (SSSR count). The van der Waals surface area contributed by atoms with Gasteiger partial charge in [0.15, 0.2) is 0 Å². The first-order valence-electron chi connectivity index (χ1n) is 7.50. The summed E-state index contributed by atoms with van der Waals surface area (Å²) in [6.07, 6.45) is 6.31. The average molecular weight is 310 g/mol. The molecule has 0 aliphatic heterocycles. The fourth-order valence-corrected chi connectivity index (χ4v) is 3.42. The maximum Gasteiger partial charge on any atom is 0.251 e. The molecule has 1 heterocycles. The van der Waals surface area contributed by atoms with Gasteiger partial charge in [0.25, 0.3) is 5.91 Å². The highest BCUT2D eigenvalue weighted by atomic mass is 35.5. The van der Waals surface area contributed by atoms with E-state index in [2.05, 4.69) is 36.2 Å². The van der Waals surface area contributed by atoms with Crippen molar-refractivity contribution in [2.75, 3.05) is 20.6 Å². The molecular formula is C16H24ClN3O. The van der Waals surface area contributed by atoms with Gasteiger partial charge in [-0.3, -0.25) is 4.79 Å². The summed E-state index contributed by atoms with van der Waals surface area (Å²) in [4.78, 5) is 18.4. The van der Waals surface area contributed by atoms with Crippen molar-refractivity contribution in [3.05, 3.63) is 29.0 Å². The van der Waals surface area contributed by atoms with Gasteiger partial charge in [-0.25, -0.2) is 4.98 Å². The molecule has 0 saturated heterocycles. The summed E-state index contributed by atoms with van der Waals surface area (Å²) in [5, 5.41) is 3.42. The number of hydrogen-bond donors (Lipinski definition) is 1. The molecule has 1 N–H and O–H groups in total. The molecule has 1 aromatic heterocycles. The summed E-state index contributed by atoms with van der Waals surface area (Å²) >= 11 is 5.84. The predicted octanol–water partition coefficient (Wildman–Crippen LogP) is 2.98. The number of amides is 1. The zero-order valence-corrected chi connectivity index (χ0v) is 13.8. The Balaban J connectivity index is 2.03. The lowest BCUT2D eigenvalue weighted by Gasteiger charge is -2.45. The third-order valence-corrected chi connectivity index (χ3v) is 4.79. The molecule has 1 aliphatic carbocycles. The Morgan fingerprint density at radius 3 is 2.95 bits per heavy atom. The van der Waals surface area contributed by atoms with Gasteiger partial charge in [0, 0.05) is 23.8 Å². The van der Waals surface area contributed by atoms with Crippen LogP contribution in [0.1, 0.15) is 43.0 Å². The van der Waals surface area contributed by atoms with Crippen molar-refractivity contribution in [1.29, 1.82) is 0 Å². The first kappa shape index (κ1) is 16.2. The van der Waals surface area contributed by atoms with E-state index in [-0.39, 0.29) is 11.4 Å². The Morgan fingerprint density at radius 1 is 1.57 bits per heavy atom.